The number of methoxy groups -OCH3 is 1. The minimum absolute atomic E-state index is 0.0903. The van der Waals surface area contributed by atoms with Gasteiger partial charge in [-0.3, -0.25) is 14.4 Å². The topological polar surface area (TPSA) is 118 Å². The number of nitrogens with zero attached hydrogens (tertiary/aromatic N) is 1. The number of carbonyl (C=O) groups excluding carboxylic acids is 3. The highest BCUT2D eigenvalue weighted by Gasteiger charge is 2.26. The maximum atomic E-state index is 12.2. The molecule has 0 heterocycles. The third kappa shape index (κ3) is 7.19. The fourth-order valence-electron chi connectivity index (χ4n) is 2.52. The van der Waals surface area contributed by atoms with Gasteiger partial charge in [0.15, 0.2) is 18.1 Å². The molecule has 0 saturated heterocycles. The Hall–Kier alpha value is -2.67. The summed E-state index contributed by atoms with van der Waals surface area (Å²) in [5.41, 5.74) is 3.46. The summed E-state index contributed by atoms with van der Waals surface area (Å²) in [5, 5.41) is 9.14. The normalized spacial score (nSPS) is 12.8. The van der Waals surface area contributed by atoms with E-state index in [9.17, 15) is 14.4 Å². The molecule has 0 bridgehead atoms. The Morgan fingerprint density at radius 2 is 1.91 bits per heavy atom. The fraction of sp³-hybridized carbons (Fsp3) is 0.238. The van der Waals surface area contributed by atoms with E-state index in [1.54, 1.807) is 24.3 Å². The van der Waals surface area contributed by atoms with E-state index in [1.165, 1.54) is 13.3 Å². The average molecular weight is 615 g/mol. The van der Waals surface area contributed by atoms with E-state index in [2.05, 4.69) is 37.1 Å². The first kappa shape index (κ1) is 24.0. The highest BCUT2D eigenvalue weighted by Crippen LogP contribution is 2.33. The predicted molar refractivity (Wildman–Crippen MR) is 131 cm³/mol. The quantitative estimate of drug-likeness (QED) is 0.183. The zero-order valence-electron chi connectivity index (χ0n) is 17.0. The van der Waals surface area contributed by atoms with Crippen LogP contribution in [0.4, 0.5) is 5.69 Å². The monoisotopic (exact) mass is 614 g/mol. The maximum absolute atomic E-state index is 12.2. The molecule has 3 amide bonds. The van der Waals surface area contributed by atoms with Crippen LogP contribution in [0.5, 0.6) is 11.5 Å². The second-order valence-corrected chi connectivity index (χ2v) is 8.90. The smallest absolute Gasteiger partial charge is 0.329 e. The van der Waals surface area contributed by atoms with Crippen LogP contribution >= 0.6 is 38.5 Å². The lowest BCUT2D eigenvalue weighted by Gasteiger charge is -2.13. The van der Waals surface area contributed by atoms with Crippen LogP contribution in [0.1, 0.15) is 18.4 Å². The highest BCUT2D eigenvalue weighted by molar-refractivity contribution is 14.1. The van der Waals surface area contributed by atoms with Crippen molar-refractivity contribution < 1.29 is 23.9 Å². The van der Waals surface area contributed by atoms with Crippen molar-refractivity contribution in [1.29, 1.82) is 0 Å². The Labute approximate surface area is 206 Å². The minimum atomic E-state index is -0.827. The minimum Gasteiger partial charge on any atom is -0.493 e. The first-order valence-corrected chi connectivity index (χ1v) is 11.4. The van der Waals surface area contributed by atoms with Gasteiger partial charge in [-0.1, -0.05) is 15.9 Å². The van der Waals surface area contributed by atoms with Crippen molar-refractivity contribution in [3.63, 3.8) is 0 Å². The Bertz CT molecular complexity index is 1040. The van der Waals surface area contributed by atoms with E-state index in [4.69, 9.17) is 9.47 Å². The number of rotatable bonds is 8. The van der Waals surface area contributed by atoms with Crippen LogP contribution in [0.2, 0.25) is 0 Å². The van der Waals surface area contributed by atoms with Gasteiger partial charge in [0.1, 0.15) is 0 Å². The third-order valence-electron chi connectivity index (χ3n) is 4.23. The van der Waals surface area contributed by atoms with Crippen LogP contribution < -0.4 is 25.5 Å². The molecule has 0 radical (unpaired) electrons. The van der Waals surface area contributed by atoms with Gasteiger partial charge < -0.3 is 20.1 Å². The fourth-order valence-corrected chi connectivity index (χ4v) is 3.56. The molecule has 2 aromatic carbocycles. The molecule has 11 heteroatoms. The van der Waals surface area contributed by atoms with Crippen LogP contribution in [0.3, 0.4) is 0 Å². The van der Waals surface area contributed by atoms with Crippen molar-refractivity contribution in [3.05, 3.63) is 50.0 Å². The van der Waals surface area contributed by atoms with Crippen LogP contribution in [-0.4, -0.2) is 43.7 Å². The highest BCUT2D eigenvalue weighted by atomic mass is 127. The van der Waals surface area contributed by atoms with Gasteiger partial charge in [0, 0.05) is 16.2 Å². The van der Waals surface area contributed by atoms with Crippen LogP contribution in [-0.2, 0) is 14.4 Å². The number of amides is 3. The lowest BCUT2D eigenvalue weighted by Crippen LogP contribution is -2.38. The SMILES string of the molecule is COc1cc(/C=N\NC(=O)C(=O)NC2CC2)cc(I)c1OCC(=O)Nc1ccc(Br)cc1. The molecule has 0 unspecified atom stereocenters. The van der Waals surface area contributed by atoms with E-state index < -0.39 is 11.8 Å². The molecular weight excluding hydrogens is 595 g/mol. The summed E-state index contributed by atoms with van der Waals surface area (Å²) >= 11 is 5.39. The zero-order valence-corrected chi connectivity index (χ0v) is 20.7. The van der Waals surface area contributed by atoms with E-state index in [0.717, 1.165) is 17.3 Å². The van der Waals surface area contributed by atoms with Gasteiger partial charge in [0.25, 0.3) is 5.91 Å². The van der Waals surface area contributed by atoms with Gasteiger partial charge in [-0.25, -0.2) is 5.43 Å². The Balaban J connectivity index is 1.57. The van der Waals surface area contributed by atoms with Crippen LogP contribution in [0, 0.1) is 3.57 Å². The van der Waals surface area contributed by atoms with E-state index in [-0.39, 0.29) is 18.6 Å². The van der Waals surface area contributed by atoms with Gasteiger partial charge in [0.2, 0.25) is 0 Å². The van der Waals surface area contributed by atoms with E-state index in [0.29, 0.717) is 26.3 Å². The van der Waals surface area contributed by atoms with Crippen molar-refractivity contribution in [2.75, 3.05) is 19.0 Å². The number of benzene rings is 2. The lowest BCUT2D eigenvalue weighted by molar-refractivity contribution is -0.139. The molecule has 3 N–H and O–H groups in total. The van der Waals surface area contributed by atoms with Crippen molar-refractivity contribution >= 4 is 68.1 Å². The molecule has 9 nitrogen and oxygen atoms in total. The van der Waals surface area contributed by atoms with Crippen molar-refractivity contribution in [1.82, 2.24) is 10.7 Å². The second kappa shape index (κ2) is 11.3. The van der Waals surface area contributed by atoms with Gasteiger partial charge >= 0.3 is 11.8 Å². The molecule has 0 aliphatic heterocycles. The van der Waals surface area contributed by atoms with E-state index >= 15 is 0 Å². The summed E-state index contributed by atoms with van der Waals surface area (Å²) in [5.74, 6) is -1.05. The number of hydrogen-bond donors (Lipinski definition) is 3. The van der Waals surface area contributed by atoms with Crippen LogP contribution in [0.15, 0.2) is 46.0 Å². The van der Waals surface area contributed by atoms with Crippen molar-refractivity contribution in [3.8, 4) is 11.5 Å². The molecule has 1 aliphatic rings. The Morgan fingerprint density at radius 3 is 2.56 bits per heavy atom. The summed E-state index contributed by atoms with van der Waals surface area (Å²) < 4.78 is 12.6. The standard InChI is InChI=1S/C21H20BrIN4O5/c1-31-17-9-12(10-24-27-21(30)20(29)26-15-6-7-15)8-16(23)19(17)32-11-18(28)25-14-4-2-13(22)3-5-14/h2-5,8-10,15H,6-7,11H2,1H3,(H,25,28)(H,26,29)(H,27,30)/b24-10-. The number of carbonyl (C=O) groups is 3. The molecule has 1 fully saturated rings. The molecule has 1 saturated carbocycles. The average Bonchev–Trinajstić information content (AvgIpc) is 3.58. The number of ether oxygens (including phenoxy) is 2. The molecule has 0 spiro atoms. The Morgan fingerprint density at radius 1 is 1.19 bits per heavy atom. The molecule has 3 rings (SSSR count). The number of anilines is 1. The summed E-state index contributed by atoms with van der Waals surface area (Å²) in [6, 6.07) is 10.7. The number of nitrogens with one attached hydrogen (secondary N) is 3. The van der Waals surface area contributed by atoms with Crippen LogP contribution in [0.25, 0.3) is 0 Å². The van der Waals surface area contributed by atoms with Gasteiger partial charge in [-0.05, 0) is 77.4 Å². The summed E-state index contributed by atoms with van der Waals surface area (Å²) in [6.45, 7) is -0.206. The number of hydrogen-bond acceptors (Lipinski definition) is 6. The maximum Gasteiger partial charge on any atom is 0.329 e. The summed E-state index contributed by atoms with van der Waals surface area (Å²) in [4.78, 5) is 35.5. The summed E-state index contributed by atoms with van der Waals surface area (Å²) in [7, 11) is 1.48. The second-order valence-electron chi connectivity index (χ2n) is 6.82. The first-order valence-electron chi connectivity index (χ1n) is 9.55. The number of halogens is 2. The van der Waals surface area contributed by atoms with Gasteiger partial charge in [-0.2, -0.15) is 5.10 Å². The first-order chi connectivity index (χ1) is 15.4. The number of hydrazone groups is 1. The van der Waals surface area contributed by atoms with E-state index in [1.807, 2.05) is 34.7 Å². The molecule has 2 aromatic rings. The van der Waals surface area contributed by atoms with Gasteiger partial charge in [0.05, 0.1) is 16.9 Å². The molecule has 1 aliphatic carbocycles. The van der Waals surface area contributed by atoms with Crippen molar-refractivity contribution in [2.24, 2.45) is 5.10 Å². The largest absolute Gasteiger partial charge is 0.493 e. The molecule has 168 valence electrons. The third-order valence-corrected chi connectivity index (χ3v) is 5.56. The Kier molecular flexibility index (Phi) is 8.45. The predicted octanol–water partition coefficient (Wildman–Crippen LogP) is 2.81. The van der Waals surface area contributed by atoms with Gasteiger partial charge in [-0.15, -0.1) is 0 Å². The zero-order chi connectivity index (χ0) is 23.1. The molecular formula is C21H20BrIN4O5. The molecule has 0 aromatic heterocycles. The molecule has 32 heavy (non-hydrogen) atoms. The summed E-state index contributed by atoms with van der Waals surface area (Å²) in [6.07, 6.45) is 3.17. The van der Waals surface area contributed by atoms with Crippen molar-refractivity contribution in [2.45, 2.75) is 18.9 Å². The lowest BCUT2D eigenvalue weighted by atomic mass is 10.2. The molecule has 0 atom stereocenters.